The van der Waals surface area contributed by atoms with Crippen molar-refractivity contribution in [3.05, 3.63) is 17.0 Å². The molecule has 8 heteroatoms. The summed E-state index contributed by atoms with van der Waals surface area (Å²) >= 11 is 0.913. The maximum absolute atomic E-state index is 11.8. The van der Waals surface area contributed by atoms with Gasteiger partial charge in [0.05, 0.1) is 6.54 Å². The number of ether oxygens (including phenoxy) is 2. The van der Waals surface area contributed by atoms with Crippen molar-refractivity contribution in [1.82, 2.24) is 4.72 Å². The van der Waals surface area contributed by atoms with E-state index in [2.05, 4.69) is 4.72 Å². The molecular formula is C9H12N2O4S2. The molecule has 0 amide bonds. The molecule has 0 atom stereocenters. The lowest BCUT2D eigenvalue weighted by molar-refractivity contribution is -0.0960. The molecule has 0 aliphatic carbocycles. The van der Waals surface area contributed by atoms with Crippen LogP contribution in [0.25, 0.3) is 0 Å². The largest absolute Gasteiger partial charge is 0.355 e. The zero-order valence-corrected chi connectivity index (χ0v) is 11.0. The quantitative estimate of drug-likeness (QED) is 0.765. The number of hydrogen-bond acceptors (Lipinski definition) is 6. The molecule has 0 saturated carbocycles. The summed E-state index contributed by atoms with van der Waals surface area (Å²) in [6, 6.07) is 4.73. The predicted molar refractivity (Wildman–Crippen MR) is 62.0 cm³/mol. The smallest absolute Gasteiger partial charge is 0.250 e. The van der Waals surface area contributed by atoms with Gasteiger partial charge in [0.1, 0.15) is 15.2 Å². The Morgan fingerprint density at radius 2 is 2.12 bits per heavy atom. The van der Waals surface area contributed by atoms with Crippen molar-refractivity contribution in [2.75, 3.05) is 20.8 Å². The molecule has 1 aromatic rings. The summed E-state index contributed by atoms with van der Waals surface area (Å²) in [7, 11) is -0.771. The number of methoxy groups -OCH3 is 2. The molecule has 0 unspecified atom stereocenters. The van der Waals surface area contributed by atoms with E-state index < -0.39 is 16.3 Å². The average molecular weight is 276 g/mol. The number of hydrogen-bond donors (Lipinski definition) is 1. The number of nitriles is 1. The van der Waals surface area contributed by atoms with Crippen LogP contribution in [0.2, 0.25) is 0 Å². The summed E-state index contributed by atoms with van der Waals surface area (Å²) < 4.78 is 35.7. The first kappa shape index (κ1) is 14.1. The van der Waals surface area contributed by atoms with Crippen molar-refractivity contribution in [3.8, 4) is 6.07 Å². The van der Waals surface area contributed by atoms with Gasteiger partial charge >= 0.3 is 0 Å². The molecule has 1 N–H and O–H groups in total. The first-order chi connectivity index (χ1) is 8.03. The Hall–Kier alpha value is -0.980. The summed E-state index contributed by atoms with van der Waals surface area (Å²) in [6.45, 7) is 0.00905. The summed E-state index contributed by atoms with van der Waals surface area (Å²) in [4.78, 5) is 0.348. The van der Waals surface area contributed by atoms with Crippen LogP contribution >= 0.6 is 11.3 Å². The van der Waals surface area contributed by atoms with E-state index >= 15 is 0 Å². The molecule has 0 spiro atoms. The average Bonchev–Trinajstić information content (AvgIpc) is 2.79. The summed E-state index contributed by atoms with van der Waals surface area (Å²) in [6.07, 6.45) is -0.639. The third-order valence-corrected chi connectivity index (χ3v) is 4.83. The van der Waals surface area contributed by atoms with Crippen LogP contribution in [0.4, 0.5) is 0 Å². The molecule has 0 radical (unpaired) electrons. The number of nitrogens with zero attached hydrogens (tertiary/aromatic N) is 1. The zero-order valence-electron chi connectivity index (χ0n) is 9.34. The number of nitrogens with one attached hydrogen (secondary N) is 1. The predicted octanol–water partition coefficient (Wildman–Crippen LogP) is 0.517. The monoisotopic (exact) mass is 276 g/mol. The lowest BCUT2D eigenvalue weighted by Gasteiger charge is -2.13. The van der Waals surface area contributed by atoms with Gasteiger partial charge in [-0.25, -0.2) is 13.1 Å². The fourth-order valence-corrected chi connectivity index (χ4v) is 3.20. The van der Waals surface area contributed by atoms with Gasteiger partial charge in [0.15, 0.2) is 6.29 Å². The Kier molecular flexibility index (Phi) is 5.04. The van der Waals surface area contributed by atoms with Crippen molar-refractivity contribution in [3.63, 3.8) is 0 Å². The Labute approximate surface area is 104 Å². The van der Waals surface area contributed by atoms with Gasteiger partial charge in [0.25, 0.3) is 0 Å². The summed E-state index contributed by atoms with van der Waals surface area (Å²) in [5.74, 6) is 0. The van der Waals surface area contributed by atoms with Gasteiger partial charge in [0.2, 0.25) is 10.0 Å². The second kappa shape index (κ2) is 6.09. The highest BCUT2D eigenvalue weighted by molar-refractivity contribution is 7.91. The Morgan fingerprint density at radius 1 is 1.47 bits per heavy atom. The minimum absolute atomic E-state index is 0.00905. The molecular weight excluding hydrogens is 264 g/mol. The van der Waals surface area contributed by atoms with Crippen molar-refractivity contribution < 1.29 is 17.9 Å². The maximum Gasteiger partial charge on any atom is 0.250 e. The summed E-state index contributed by atoms with van der Waals surface area (Å²) in [5.41, 5.74) is 0. The summed E-state index contributed by atoms with van der Waals surface area (Å²) in [5, 5.41) is 8.62. The van der Waals surface area contributed by atoms with Gasteiger partial charge in [-0.05, 0) is 12.1 Å². The van der Waals surface area contributed by atoms with E-state index in [1.807, 2.05) is 6.07 Å². The highest BCUT2D eigenvalue weighted by Gasteiger charge is 2.18. The second-order valence-corrected chi connectivity index (χ2v) is 6.06. The third-order valence-electron chi connectivity index (χ3n) is 1.92. The van der Waals surface area contributed by atoms with Crippen LogP contribution in [0.3, 0.4) is 0 Å². The van der Waals surface area contributed by atoms with Crippen LogP contribution in [0.1, 0.15) is 4.88 Å². The lowest BCUT2D eigenvalue weighted by atomic mass is 10.5. The Bertz CT molecular complexity index is 499. The molecule has 1 rings (SSSR count). The molecule has 0 fully saturated rings. The minimum Gasteiger partial charge on any atom is -0.355 e. The molecule has 94 valence electrons. The van der Waals surface area contributed by atoms with E-state index in [1.54, 1.807) is 0 Å². The molecule has 0 aromatic carbocycles. The lowest BCUT2D eigenvalue weighted by Crippen LogP contribution is -2.33. The van der Waals surface area contributed by atoms with Gasteiger partial charge in [0, 0.05) is 14.2 Å². The molecule has 6 nitrogen and oxygen atoms in total. The standard InChI is InChI=1S/C9H12N2O4S2/c1-14-8(15-2)6-11-17(12,13)9-4-3-7(5-10)16-9/h3-4,8,11H,6H2,1-2H3. The molecule has 0 aliphatic rings. The van der Waals surface area contributed by atoms with Crippen LogP contribution in [-0.4, -0.2) is 35.5 Å². The van der Waals surface area contributed by atoms with Gasteiger partial charge in [-0.1, -0.05) is 0 Å². The van der Waals surface area contributed by atoms with E-state index in [0.29, 0.717) is 4.88 Å². The molecule has 0 aliphatic heterocycles. The molecule has 1 heterocycles. The van der Waals surface area contributed by atoms with Crippen LogP contribution in [0.15, 0.2) is 16.3 Å². The van der Waals surface area contributed by atoms with Gasteiger partial charge in [-0.3, -0.25) is 0 Å². The first-order valence-corrected chi connectivity index (χ1v) is 6.88. The SMILES string of the molecule is COC(CNS(=O)(=O)c1ccc(C#N)s1)OC. The Balaban J connectivity index is 2.72. The molecule has 0 bridgehead atoms. The van der Waals surface area contributed by atoms with E-state index in [-0.39, 0.29) is 10.8 Å². The van der Waals surface area contributed by atoms with Gasteiger partial charge < -0.3 is 9.47 Å². The fourth-order valence-electron chi connectivity index (χ4n) is 1.04. The molecule has 1 aromatic heterocycles. The van der Waals surface area contributed by atoms with E-state index in [0.717, 1.165) is 11.3 Å². The van der Waals surface area contributed by atoms with Crippen LogP contribution in [0, 0.1) is 11.3 Å². The normalized spacial score (nSPS) is 11.6. The molecule has 17 heavy (non-hydrogen) atoms. The topological polar surface area (TPSA) is 88.4 Å². The number of thiophene rings is 1. The van der Waals surface area contributed by atoms with Crippen LogP contribution in [0.5, 0.6) is 0 Å². The van der Waals surface area contributed by atoms with Crippen LogP contribution in [-0.2, 0) is 19.5 Å². The second-order valence-electron chi connectivity index (χ2n) is 2.98. The van der Waals surface area contributed by atoms with Crippen molar-refractivity contribution in [2.45, 2.75) is 10.5 Å². The highest BCUT2D eigenvalue weighted by atomic mass is 32.2. The maximum atomic E-state index is 11.8. The van der Waals surface area contributed by atoms with Gasteiger partial charge in [-0.2, -0.15) is 5.26 Å². The van der Waals surface area contributed by atoms with Crippen molar-refractivity contribution in [1.29, 1.82) is 5.26 Å². The van der Waals surface area contributed by atoms with E-state index in [9.17, 15) is 8.42 Å². The van der Waals surface area contributed by atoms with E-state index in [4.69, 9.17) is 14.7 Å². The van der Waals surface area contributed by atoms with Crippen molar-refractivity contribution >= 4 is 21.4 Å². The number of sulfonamides is 1. The first-order valence-electron chi connectivity index (χ1n) is 4.58. The zero-order chi connectivity index (χ0) is 12.9. The van der Waals surface area contributed by atoms with Crippen molar-refractivity contribution in [2.24, 2.45) is 0 Å². The highest BCUT2D eigenvalue weighted by Crippen LogP contribution is 2.20. The molecule has 0 saturated heterocycles. The third kappa shape index (κ3) is 3.76. The van der Waals surface area contributed by atoms with Gasteiger partial charge in [-0.15, -0.1) is 11.3 Å². The number of rotatable bonds is 6. The fraction of sp³-hybridized carbons (Fsp3) is 0.444. The van der Waals surface area contributed by atoms with E-state index in [1.165, 1.54) is 26.4 Å². The Morgan fingerprint density at radius 3 is 2.59 bits per heavy atom. The minimum atomic E-state index is -3.61. The van der Waals surface area contributed by atoms with Crippen LogP contribution < -0.4 is 4.72 Å².